The highest BCUT2D eigenvalue weighted by Gasteiger charge is 2.15. The van der Waals surface area contributed by atoms with E-state index in [4.69, 9.17) is 4.74 Å². The number of carbonyl (C=O) groups is 3. The normalized spacial score (nSPS) is 10.2. The summed E-state index contributed by atoms with van der Waals surface area (Å²) in [7, 11) is 0. The first kappa shape index (κ1) is 18.6. The molecule has 3 amide bonds. The molecule has 2 aromatic rings. The highest BCUT2D eigenvalue weighted by Crippen LogP contribution is 2.23. The molecule has 2 N–H and O–H groups in total. The molecular weight excluding hydrogens is 342 g/mol. The lowest BCUT2D eigenvalue weighted by Gasteiger charge is -2.08. The Morgan fingerprint density at radius 1 is 1.24 bits per heavy atom. The highest BCUT2D eigenvalue weighted by atomic mass is 32.1. The zero-order chi connectivity index (χ0) is 18.2. The molecule has 0 saturated heterocycles. The number of nitrogens with zero attached hydrogens (tertiary/aromatic N) is 1. The molecule has 25 heavy (non-hydrogen) atoms. The van der Waals surface area contributed by atoms with Gasteiger partial charge in [0.2, 0.25) is 0 Å². The van der Waals surface area contributed by atoms with Crippen molar-refractivity contribution >= 4 is 29.2 Å². The lowest BCUT2D eigenvalue weighted by molar-refractivity contribution is -0.123. The summed E-state index contributed by atoms with van der Waals surface area (Å²) in [6, 6.07) is 6.60. The average Bonchev–Trinajstić information content (AvgIpc) is 3.12. The van der Waals surface area contributed by atoms with Crippen molar-refractivity contribution in [2.75, 3.05) is 13.2 Å². The van der Waals surface area contributed by atoms with Crippen molar-refractivity contribution in [1.82, 2.24) is 15.6 Å². The van der Waals surface area contributed by atoms with Gasteiger partial charge in [0, 0.05) is 6.54 Å². The van der Waals surface area contributed by atoms with Crippen molar-refractivity contribution in [1.29, 1.82) is 0 Å². The topological polar surface area (TPSA) is 97.4 Å². The summed E-state index contributed by atoms with van der Waals surface area (Å²) in [5, 5.41) is 6.52. The maximum absolute atomic E-state index is 12.1. The molecule has 0 bridgehead atoms. The van der Waals surface area contributed by atoms with Crippen LogP contribution >= 0.6 is 11.3 Å². The molecular formula is C17H19N3O4S. The van der Waals surface area contributed by atoms with Gasteiger partial charge in [-0.25, -0.2) is 9.59 Å². The zero-order valence-corrected chi connectivity index (χ0v) is 14.8. The molecule has 0 atom stereocenters. The van der Waals surface area contributed by atoms with Crippen LogP contribution in [-0.4, -0.2) is 36.0 Å². The van der Waals surface area contributed by atoms with Gasteiger partial charge in [0.15, 0.2) is 6.61 Å². The second-order valence-corrected chi connectivity index (χ2v) is 6.13. The molecule has 7 nitrogen and oxygen atoms in total. The smallest absolute Gasteiger partial charge is 0.340 e. The van der Waals surface area contributed by atoms with Crippen LogP contribution in [-0.2, 0) is 9.53 Å². The quantitative estimate of drug-likeness (QED) is 0.771. The molecule has 8 heteroatoms. The van der Waals surface area contributed by atoms with E-state index in [1.165, 1.54) is 0 Å². The van der Waals surface area contributed by atoms with Crippen LogP contribution in [0.3, 0.4) is 0 Å². The Morgan fingerprint density at radius 3 is 2.68 bits per heavy atom. The number of ether oxygens (including phenoxy) is 1. The van der Waals surface area contributed by atoms with Gasteiger partial charge >= 0.3 is 12.0 Å². The minimum Gasteiger partial charge on any atom is -0.452 e. The van der Waals surface area contributed by atoms with Gasteiger partial charge in [-0.1, -0.05) is 13.0 Å². The Labute approximate surface area is 149 Å². The number of pyridine rings is 1. The maximum Gasteiger partial charge on any atom is 0.340 e. The van der Waals surface area contributed by atoms with Crippen LogP contribution in [0, 0.1) is 6.92 Å². The van der Waals surface area contributed by atoms with Gasteiger partial charge in [-0.05, 0) is 36.9 Å². The van der Waals surface area contributed by atoms with Gasteiger partial charge in [0.25, 0.3) is 5.91 Å². The molecule has 0 radical (unpaired) electrons. The number of urea groups is 1. The third-order valence-electron chi connectivity index (χ3n) is 3.20. The number of aryl methyl sites for hydroxylation is 1. The first-order chi connectivity index (χ1) is 12.0. The molecule has 0 spiro atoms. The summed E-state index contributed by atoms with van der Waals surface area (Å²) in [6.07, 6.45) is 0.754. The van der Waals surface area contributed by atoms with Crippen LogP contribution < -0.4 is 10.6 Å². The predicted molar refractivity (Wildman–Crippen MR) is 94.4 cm³/mol. The van der Waals surface area contributed by atoms with Gasteiger partial charge in [0.05, 0.1) is 21.8 Å². The van der Waals surface area contributed by atoms with Crippen molar-refractivity contribution in [2.45, 2.75) is 20.3 Å². The highest BCUT2D eigenvalue weighted by molar-refractivity contribution is 7.13. The Morgan fingerprint density at radius 2 is 2.04 bits per heavy atom. The monoisotopic (exact) mass is 361 g/mol. The third-order valence-corrected chi connectivity index (χ3v) is 4.09. The van der Waals surface area contributed by atoms with Crippen molar-refractivity contribution in [3.05, 3.63) is 40.9 Å². The Kier molecular flexibility index (Phi) is 6.64. The number of carbonyl (C=O) groups excluding carboxylic acids is 3. The fraction of sp³-hybridized carbons (Fsp3) is 0.294. The molecule has 0 fully saturated rings. The van der Waals surface area contributed by atoms with Gasteiger partial charge in [0.1, 0.15) is 0 Å². The summed E-state index contributed by atoms with van der Waals surface area (Å²) >= 11 is 1.55. The van der Waals surface area contributed by atoms with E-state index >= 15 is 0 Å². The number of hydrogen-bond acceptors (Lipinski definition) is 6. The van der Waals surface area contributed by atoms with Crippen LogP contribution in [0.2, 0.25) is 0 Å². The molecule has 0 aliphatic heterocycles. The summed E-state index contributed by atoms with van der Waals surface area (Å²) in [4.78, 5) is 40.4. The minimum absolute atomic E-state index is 0.281. The van der Waals surface area contributed by atoms with E-state index in [1.807, 2.05) is 24.4 Å². The van der Waals surface area contributed by atoms with Crippen molar-refractivity contribution in [3.8, 4) is 10.6 Å². The van der Waals surface area contributed by atoms with Crippen molar-refractivity contribution < 1.29 is 19.1 Å². The van der Waals surface area contributed by atoms with E-state index in [2.05, 4.69) is 15.6 Å². The summed E-state index contributed by atoms with van der Waals surface area (Å²) in [5.74, 6) is -1.35. The number of rotatable bonds is 6. The Balaban J connectivity index is 1.90. The van der Waals surface area contributed by atoms with Crippen LogP contribution in [0.15, 0.2) is 29.6 Å². The lowest BCUT2D eigenvalue weighted by Crippen LogP contribution is -2.41. The number of hydrogen-bond donors (Lipinski definition) is 2. The Hall–Kier alpha value is -2.74. The maximum atomic E-state index is 12.1. The summed E-state index contributed by atoms with van der Waals surface area (Å²) in [5.41, 5.74) is 1.56. The fourth-order valence-electron chi connectivity index (χ4n) is 1.99. The molecule has 0 saturated carbocycles. The standard InChI is InChI=1S/C17H19N3O4S/c1-3-8-18-17(23)20-15(21)10-24-16(22)12-6-7-13(19-11(12)2)14-5-4-9-25-14/h4-7,9H,3,8,10H2,1-2H3,(H2,18,20,21,23). The van der Waals surface area contributed by atoms with E-state index in [1.54, 1.807) is 30.4 Å². The van der Waals surface area contributed by atoms with E-state index in [0.717, 1.165) is 17.0 Å². The first-order valence-corrected chi connectivity index (χ1v) is 8.65. The van der Waals surface area contributed by atoms with E-state index in [-0.39, 0.29) is 5.56 Å². The molecule has 132 valence electrons. The zero-order valence-electron chi connectivity index (χ0n) is 14.0. The molecule has 0 aromatic carbocycles. The Bertz CT molecular complexity index is 759. The third kappa shape index (κ3) is 5.39. The average molecular weight is 361 g/mol. The number of imide groups is 1. The van der Waals surface area contributed by atoms with E-state index in [0.29, 0.717) is 12.2 Å². The summed E-state index contributed by atoms with van der Waals surface area (Å²) in [6.45, 7) is 3.51. The van der Waals surface area contributed by atoms with Gasteiger partial charge in [-0.2, -0.15) is 0 Å². The lowest BCUT2D eigenvalue weighted by atomic mass is 10.2. The minimum atomic E-state index is -0.692. The molecule has 2 heterocycles. The molecule has 0 aliphatic carbocycles. The van der Waals surface area contributed by atoms with Crippen LogP contribution in [0.4, 0.5) is 4.79 Å². The number of amides is 3. The SMILES string of the molecule is CCCNC(=O)NC(=O)COC(=O)c1ccc(-c2cccs2)nc1C. The van der Waals surface area contributed by atoms with Gasteiger partial charge in [-0.15, -0.1) is 11.3 Å². The molecule has 0 unspecified atom stereocenters. The van der Waals surface area contributed by atoms with Crippen LogP contribution in [0.1, 0.15) is 29.4 Å². The second-order valence-electron chi connectivity index (χ2n) is 5.19. The number of aromatic nitrogens is 1. The number of nitrogens with one attached hydrogen (secondary N) is 2. The molecule has 0 aliphatic rings. The number of esters is 1. The van der Waals surface area contributed by atoms with Crippen molar-refractivity contribution in [2.24, 2.45) is 0 Å². The largest absolute Gasteiger partial charge is 0.452 e. The van der Waals surface area contributed by atoms with Crippen LogP contribution in [0.25, 0.3) is 10.6 Å². The van der Waals surface area contributed by atoms with E-state index < -0.39 is 24.5 Å². The number of thiophene rings is 1. The van der Waals surface area contributed by atoms with Crippen LogP contribution in [0.5, 0.6) is 0 Å². The van der Waals surface area contributed by atoms with Gasteiger partial charge in [-0.3, -0.25) is 15.1 Å². The predicted octanol–water partition coefficient (Wildman–Crippen LogP) is 2.51. The molecule has 2 aromatic heterocycles. The summed E-state index contributed by atoms with van der Waals surface area (Å²) < 4.78 is 4.94. The molecule has 2 rings (SSSR count). The second kappa shape index (κ2) is 8.93. The van der Waals surface area contributed by atoms with E-state index in [9.17, 15) is 14.4 Å². The first-order valence-electron chi connectivity index (χ1n) is 7.77. The fourth-order valence-corrected chi connectivity index (χ4v) is 2.69. The van der Waals surface area contributed by atoms with Crippen molar-refractivity contribution in [3.63, 3.8) is 0 Å². The van der Waals surface area contributed by atoms with Gasteiger partial charge < -0.3 is 10.1 Å².